The Balaban J connectivity index is 2.17. The van der Waals surface area contributed by atoms with Gasteiger partial charge in [-0.05, 0) is 0 Å². The lowest BCUT2D eigenvalue weighted by atomic mass is 10.1. The Morgan fingerprint density at radius 1 is 1.53 bits per heavy atom. The highest BCUT2D eigenvalue weighted by Crippen LogP contribution is 2.24. The van der Waals surface area contributed by atoms with Gasteiger partial charge in [0.25, 0.3) is 0 Å². The van der Waals surface area contributed by atoms with Gasteiger partial charge in [0.15, 0.2) is 5.69 Å². The molecular formula is C9H10F3N3O2. The lowest BCUT2D eigenvalue weighted by Crippen LogP contribution is -2.38. The van der Waals surface area contributed by atoms with E-state index in [1.165, 1.54) is 4.90 Å². The molecule has 8 heteroatoms. The molecule has 94 valence electrons. The van der Waals surface area contributed by atoms with Gasteiger partial charge in [-0.3, -0.25) is 10.00 Å². The van der Waals surface area contributed by atoms with Gasteiger partial charge in [0.05, 0.1) is 6.54 Å². The van der Waals surface area contributed by atoms with Gasteiger partial charge < -0.3 is 5.11 Å². The van der Waals surface area contributed by atoms with Crippen LogP contribution >= 0.6 is 0 Å². The van der Waals surface area contributed by atoms with Crippen LogP contribution in [0.4, 0.5) is 13.2 Å². The third-order valence-electron chi connectivity index (χ3n) is 2.62. The summed E-state index contributed by atoms with van der Waals surface area (Å²) < 4.78 is 36.7. The number of carboxylic acid groups (broad SMARTS) is 1. The number of hydrogen-bond acceptors (Lipinski definition) is 3. The van der Waals surface area contributed by atoms with Gasteiger partial charge in [-0.1, -0.05) is 0 Å². The van der Waals surface area contributed by atoms with Crippen LogP contribution in [0.5, 0.6) is 0 Å². The Bertz CT molecular complexity index is 441. The van der Waals surface area contributed by atoms with Crippen molar-refractivity contribution in [1.82, 2.24) is 15.1 Å². The molecule has 0 atom stereocenters. The van der Waals surface area contributed by atoms with Gasteiger partial charge in [0, 0.05) is 30.8 Å². The fourth-order valence-electron chi connectivity index (χ4n) is 1.92. The third-order valence-corrected chi connectivity index (χ3v) is 2.62. The van der Waals surface area contributed by atoms with Gasteiger partial charge in [-0.2, -0.15) is 18.3 Å². The number of halogens is 3. The topological polar surface area (TPSA) is 69.2 Å². The second kappa shape index (κ2) is 4.02. The zero-order valence-electron chi connectivity index (χ0n) is 8.71. The van der Waals surface area contributed by atoms with E-state index in [4.69, 9.17) is 5.11 Å². The first-order chi connectivity index (χ1) is 7.87. The molecule has 0 spiro atoms. The number of H-pyrrole nitrogens is 1. The molecule has 1 aromatic heterocycles. The largest absolute Gasteiger partial charge is 0.476 e. The van der Waals surface area contributed by atoms with Crippen molar-refractivity contribution >= 4 is 5.97 Å². The molecule has 1 aliphatic heterocycles. The summed E-state index contributed by atoms with van der Waals surface area (Å²) in [6.07, 6.45) is -3.92. The lowest BCUT2D eigenvalue weighted by molar-refractivity contribution is -0.147. The number of nitrogens with one attached hydrogen (secondary N) is 1. The van der Waals surface area contributed by atoms with E-state index in [-0.39, 0.29) is 18.8 Å². The summed E-state index contributed by atoms with van der Waals surface area (Å²) >= 11 is 0. The zero-order chi connectivity index (χ0) is 12.6. The number of rotatable bonds is 2. The molecule has 1 aliphatic rings. The molecule has 5 nitrogen and oxygen atoms in total. The van der Waals surface area contributed by atoms with E-state index in [1.807, 2.05) is 0 Å². The van der Waals surface area contributed by atoms with Crippen LogP contribution in [-0.4, -0.2) is 45.4 Å². The van der Waals surface area contributed by atoms with Crippen LogP contribution < -0.4 is 0 Å². The maximum Gasteiger partial charge on any atom is 0.401 e. The van der Waals surface area contributed by atoms with Crippen molar-refractivity contribution in [3.63, 3.8) is 0 Å². The average Bonchev–Trinajstić information content (AvgIpc) is 2.57. The van der Waals surface area contributed by atoms with E-state index in [2.05, 4.69) is 10.2 Å². The molecule has 0 radical (unpaired) electrons. The van der Waals surface area contributed by atoms with Crippen LogP contribution in [-0.2, 0) is 13.0 Å². The molecule has 0 aromatic carbocycles. The standard InChI is InChI=1S/C9H10F3N3O2/c10-9(11,12)4-15-2-1-6-5(3-15)7(8(16)17)14-13-6/h1-4H2,(H,13,14)(H,16,17). The molecule has 2 heterocycles. The Morgan fingerprint density at radius 3 is 2.82 bits per heavy atom. The highest BCUT2D eigenvalue weighted by molar-refractivity contribution is 5.87. The quantitative estimate of drug-likeness (QED) is 0.821. The molecule has 1 aromatic rings. The molecule has 0 fully saturated rings. The number of aromatic carboxylic acids is 1. The smallest absolute Gasteiger partial charge is 0.401 e. The van der Waals surface area contributed by atoms with E-state index >= 15 is 0 Å². The summed E-state index contributed by atoms with van der Waals surface area (Å²) in [5.41, 5.74) is 0.778. The summed E-state index contributed by atoms with van der Waals surface area (Å²) in [7, 11) is 0. The molecule has 0 unspecified atom stereocenters. The van der Waals surface area contributed by atoms with Crippen molar-refractivity contribution in [3.8, 4) is 0 Å². The number of fused-ring (bicyclic) bond motifs is 1. The maximum absolute atomic E-state index is 12.2. The zero-order valence-corrected chi connectivity index (χ0v) is 8.71. The predicted molar refractivity (Wildman–Crippen MR) is 50.6 cm³/mol. The summed E-state index contributed by atoms with van der Waals surface area (Å²) in [5.74, 6) is -1.23. The van der Waals surface area contributed by atoms with Gasteiger partial charge in [-0.15, -0.1) is 0 Å². The predicted octanol–water partition coefficient (Wildman–Crippen LogP) is 1.03. The van der Waals surface area contributed by atoms with E-state index in [0.717, 1.165) is 0 Å². The van der Waals surface area contributed by atoms with Gasteiger partial charge >= 0.3 is 12.1 Å². The van der Waals surface area contributed by atoms with Crippen LogP contribution in [0.15, 0.2) is 0 Å². The van der Waals surface area contributed by atoms with E-state index < -0.39 is 18.7 Å². The fourth-order valence-corrected chi connectivity index (χ4v) is 1.92. The van der Waals surface area contributed by atoms with E-state index in [0.29, 0.717) is 17.7 Å². The van der Waals surface area contributed by atoms with Crippen LogP contribution in [0.2, 0.25) is 0 Å². The van der Waals surface area contributed by atoms with Crippen molar-refractivity contribution in [1.29, 1.82) is 0 Å². The number of nitrogens with zero attached hydrogens (tertiary/aromatic N) is 2. The number of carbonyl (C=O) groups is 1. The first-order valence-corrected chi connectivity index (χ1v) is 4.95. The average molecular weight is 249 g/mol. The molecule has 17 heavy (non-hydrogen) atoms. The van der Waals surface area contributed by atoms with Crippen molar-refractivity contribution in [3.05, 3.63) is 17.0 Å². The maximum atomic E-state index is 12.2. The number of aromatic nitrogens is 2. The van der Waals surface area contributed by atoms with Crippen LogP contribution in [0.25, 0.3) is 0 Å². The third kappa shape index (κ3) is 2.57. The fraction of sp³-hybridized carbons (Fsp3) is 0.556. The molecule has 0 saturated carbocycles. The number of aromatic amines is 1. The van der Waals surface area contributed by atoms with Crippen molar-refractivity contribution in [2.75, 3.05) is 13.1 Å². The van der Waals surface area contributed by atoms with Crippen LogP contribution in [0.1, 0.15) is 21.7 Å². The van der Waals surface area contributed by atoms with Crippen LogP contribution in [0.3, 0.4) is 0 Å². The Morgan fingerprint density at radius 2 is 2.24 bits per heavy atom. The number of hydrogen-bond donors (Lipinski definition) is 2. The Hall–Kier alpha value is -1.57. The summed E-state index contributed by atoms with van der Waals surface area (Å²) in [6, 6.07) is 0. The molecule has 0 bridgehead atoms. The van der Waals surface area contributed by atoms with Crippen molar-refractivity contribution in [2.24, 2.45) is 0 Å². The first-order valence-electron chi connectivity index (χ1n) is 4.95. The molecule has 0 amide bonds. The minimum Gasteiger partial charge on any atom is -0.476 e. The highest BCUT2D eigenvalue weighted by atomic mass is 19.4. The molecular weight excluding hydrogens is 239 g/mol. The van der Waals surface area contributed by atoms with Crippen LogP contribution in [0, 0.1) is 0 Å². The second-order valence-electron chi connectivity index (χ2n) is 3.91. The van der Waals surface area contributed by atoms with Gasteiger partial charge in [0.1, 0.15) is 0 Å². The minimum atomic E-state index is -4.27. The molecule has 0 saturated heterocycles. The first kappa shape index (κ1) is 11.9. The molecule has 2 N–H and O–H groups in total. The minimum absolute atomic E-state index is 0.0347. The van der Waals surface area contributed by atoms with Crippen molar-refractivity contribution < 1.29 is 23.1 Å². The monoisotopic (exact) mass is 249 g/mol. The second-order valence-corrected chi connectivity index (χ2v) is 3.91. The number of carboxylic acids is 1. The summed E-state index contributed by atoms with van der Waals surface area (Å²) in [6.45, 7) is -0.822. The summed E-state index contributed by atoms with van der Waals surface area (Å²) in [5, 5.41) is 15.0. The number of alkyl halides is 3. The van der Waals surface area contributed by atoms with E-state index in [9.17, 15) is 18.0 Å². The van der Waals surface area contributed by atoms with Gasteiger partial charge in [0.2, 0.25) is 0 Å². The SMILES string of the molecule is O=C(O)c1n[nH]c2c1CN(CC(F)(F)F)CC2. The van der Waals surface area contributed by atoms with Crippen molar-refractivity contribution in [2.45, 2.75) is 19.1 Å². The van der Waals surface area contributed by atoms with Gasteiger partial charge in [-0.25, -0.2) is 4.79 Å². The Kier molecular flexibility index (Phi) is 2.82. The van der Waals surface area contributed by atoms with E-state index in [1.54, 1.807) is 0 Å². The summed E-state index contributed by atoms with van der Waals surface area (Å²) in [4.78, 5) is 12.0. The molecule has 0 aliphatic carbocycles. The highest BCUT2D eigenvalue weighted by Gasteiger charge is 2.34. The normalized spacial score (nSPS) is 16.9. The Labute approximate surface area is 94.2 Å². The molecule has 2 rings (SSSR count). The lowest BCUT2D eigenvalue weighted by Gasteiger charge is -2.27.